The summed E-state index contributed by atoms with van der Waals surface area (Å²) >= 11 is 1.21. The Morgan fingerprint density at radius 1 is 0.808 bits per heavy atom. The smallest absolute Gasteiger partial charge is 0.343 e. The van der Waals surface area contributed by atoms with Crippen LogP contribution >= 0.6 is 11.3 Å². The zero-order chi connectivity index (χ0) is 18.5. The summed E-state index contributed by atoms with van der Waals surface area (Å²) in [6.45, 7) is 2.02. The Labute approximate surface area is 153 Å². The lowest BCUT2D eigenvalue weighted by Crippen LogP contribution is -2.09. The third-order valence-electron chi connectivity index (χ3n) is 4.59. The molecular formula is C21H16F3NS. The summed E-state index contributed by atoms with van der Waals surface area (Å²) in [7, 11) is 1.94. The fourth-order valence-electron chi connectivity index (χ4n) is 3.20. The van der Waals surface area contributed by atoms with Gasteiger partial charge in [-0.25, -0.2) is 0 Å². The van der Waals surface area contributed by atoms with Crippen molar-refractivity contribution in [1.29, 1.82) is 0 Å². The van der Waals surface area contributed by atoms with Crippen molar-refractivity contribution in [1.82, 2.24) is 0 Å². The minimum Gasteiger partial charge on any atom is -0.343 e. The van der Waals surface area contributed by atoms with E-state index in [1.54, 1.807) is 6.07 Å². The molecular weight excluding hydrogens is 355 g/mol. The standard InChI is InChI=1S/C21H16F3NS/c1-13-9-11-14(12-10-13)25(2)18-8-4-6-16-15-5-3-7-17(21(22,23)24)19(15)26-20(16)18/h3-12H,1-2H3. The Balaban J connectivity index is 1.96. The van der Waals surface area contributed by atoms with E-state index in [2.05, 4.69) is 0 Å². The van der Waals surface area contributed by atoms with Crippen molar-refractivity contribution in [3.8, 4) is 0 Å². The predicted octanol–water partition coefficient (Wildman–Crippen LogP) is 7.15. The molecule has 0 aliphatic rings. The van der Waals surface area contributed by atoms with Crippen LogP contribution in [-0.2, 0) is 6.18 Å². The largest absolute Gasteiger partial charge is 0.417 e. The van der Waals surface area contributed by atoms with Crippen LogP contribution < -0.4 is 4.90 Å². The number of rotatable bonds is 2. The summed E-state index contributed by atoms with van der Waals surface area (Å²) in [5.74, 6) is 0. The molecule has 0 radical (unpaired) electrons. The number of hydrogen-bond donors (Lipinski definition) is 0. The maximum absolute atomic E-state index is 13.4. The lowest BCUT2D eigenvalue weighted by molar-refractivity contribution is -0.136. The Bertz CT molecular complexity index is 1090. The number of benzene rings is 3. The van der Waals surface area contributed by atoms with Gasteiger partial charge in [0.25, 0.3) is 0 Å². The van der Waals surface area contributed by atoms with E-state index < -0.39 is 11.7 Å². The van der Waals surface area contributed by atoms with Crippen LogP contribution in [0.1, 0.15) is 11.1 Å². The fourth-order valence-corrected chi connectivity index (χ4v) is 4.58. The van der Waals surface area contributed by atoms with Crippen molar-refractivity contribution in [3.63, 3.8) is 0 Å². The lowest BCUT2D eigenvalue weighted by Gasteiger charge is -2.20. The second kappa shape index (κ2) is 6.02. The zero-order valence-electron chi connectivity index (χ0n) is 14.3. The van der Waals surface area contributed by atoms with Gasteiger partial charge in [0.05, 0.1) is 16.0 Å². The highest BCUT2D eigenvalue weighted by atomic mass is 32.1. The van der Waals surface area contributed by atoms with Crippen molar-refractivity contribution in [2.45, 2.75) is 13.1 Å². The Kier molecular flexibility index (Phi) is 3.92. The quantitative estimate of drug-likeness (QED) is 0.362. The van der Waals surface area contributed by atoms with E-state index in [-0.39, 0.29) is 0 Å². The van der Waals surface area contributed by atoms with Gasteiger partial charge in [0.15, 0.2) is 0 Å². The van der Waals surface area contributed by atoms with Crippen LogP contribution in [0.4, 0.5) is 24.5 Å². The number of fused-ring (bicyclic) bond motifs is 3. The van der Waals surface area contributed by atoms with Gasteiger partial charge in [-0.15, -0.1) is 11.3 Å². The fraction of sp³-hybridized carbons (Fsp3) is 0.143. The Morgan fingerprint density at radius 2 is 1.42 bits per heavy atom. The summed E-state index contributed by atoms with van der Waals surface area (Å²) < 4.78 is 41.4. The highest BCUT2D eigenvalue weighted by molar-refractivity contribution is 7.26. The molecule has 3 aromatic carbocycles. The van der Waals surface area contributed by atoms with Crippen LogP contribution in [0.2, 0.25) is 0 Å². The van der Waals surface area contributed by atoms with Gasteiger partial charge in [-0.2, -0.15) is 13.2 Å². The molecule has 132 valence electrons. The number of thiophene rings is 1. The average molecular weight is 371 g/mol. The Hall–Kier alpha value is -2.53. The number of hydrogen-bond acceptors (Lipinski definition) is 2. The molecule has 0 spiro atoms. The number of halogens is 3. The average Bonchev–Trinajstić information content (AvgIpc) is 2.99. The zero-order valence-corrected chi connectivity index (χ0v) is 15.1. The first-order valence-corrected chi connectivity index (χ1v) is 9.00. The van der Waals surface area contributed by atoms with E-state index in [1.807, 2.05) is 61.3 Å². The summed E-state index contributed by atoms with van der Waals surface area (Å²) in [5, 5.41) is 1.51. The van der Waals surface area contributed by atoms with E-state index in [0.29, 0.717) is 10.1 Å². The first kappa shape index (κ1) is 16.9. The first-order chi connectivity index (χ1) is 12.4. The maximum Gasteiger partial charge on any atom is 0.417 e. The van der Waals surface area contributed by atoms with Crippen molar-refractivity contribution in [2.24, 2.45) is 0 Å². The molecule has 0 unspecified atom stereocenters. The van der Waals surface area contributed by atoms with E-state index in [4.69, 9.17) is 0 Å². The molecule has 0 aliphatic carbocycles. The molecule has 26 heavy (non-hydrogen) atoms. The molecule has 4 rings (SSSR count). The first-order valence-electron chi connectivity index (χ1n) is 8.18. The molecule has 4 aromatic rings. The minimum atomic E-state index is -4.36. The van der Waals surface area contributed by atoms with Crippen molar-refractivity contribution < 1.29 is 13.2 Å². The molecule has 0 fully saturated rings. The molecule has 1 aromatic heterocycles. The topological polar surface area (TPSA) is 3.24 Å². The predicted molar refractivity (Wildman–Crippen MR) is 104 cm³/mol. The highest BCUT2D eigenvalue weighted by Gasteiger charge is 2.33. The van der Waals surface area contributed by atoms with E-state index in [1.165, 1.54) is 17.4 Å². The lowest BCUT2D eigenvalue weighted by atomic mass is 10.1. The van der Waals surface area contributed by atoms with Gasteiger partial charge in [-0.1, -0.05) is 42.0 Å². The van der Waals surface area contributed by atoms with Crippen LogP contribution in [0.3, 0.4) is 0 Å². The van der Waals surface area contributed by atoms with Crippen LogP contribution in [-0.4, -0.2) is 7.05 Å². The van der Waals surface area contributed by atoms with Gasteiger partial charge < -0.3 is 4.90 Å². The summed E-state index contributed by atoms with van der Waals surface area (Å²) in [5.41, 5.74) is 2.49. The van der Waals surface area contributed by atoms with E-state index in [9.17, 15) is 13.2 Å². The Morgan fingerprint density at radius 3 is 2.08 bits per heavy atom. The summed E-state index contributed by atoms with van der Waals surface area (Å²) in [4.78, 5) is 2.02. The van der Waals surface area contributed by atoms with Gasteiger partial charge in [0, 0.05) is 28.2 Å². The molecule has 1 nitrogen and oxygen atoms in total. The molecule has 0 bridgehead atoms. The molecule has 0 aliphatic heterocycles. The second-order valence-electron chi connectivity index (χ2n) is 6.33. The maximum atomic E-state index is 13.4. The van der Waals surface area contributed by atoms with Crippen LogP contribution in [0.25, 0.3) is 20.2 Å². The van der Waals surface area contributed by atoms with Crippen LogP contribution in [0.15, 0.2) is 60.7 Å². The summed E-state index contributed by atoms with van der Waals surface area (Å²) in [6.07, 6.45) is -4.36. The van der Waals surface area contributed by atoms with Crippen molar-refractivity contribution >= 4 is 42.9 Å². The molecule has 0 amide bonds. The highest BCUT2D eigenvalue weighted by Crippen LogP contribution is 2.45. The van der Waals surface area contributed by atoms with E-state index >= 15 is 0 Å². The number of nitrogens with zero attached hydrogens (tertiary/aromatic N) is 1. The number of aryl methyl sites for hydroxylation is 1. The molecule has 0 N–H and O–H groups in total. The second-order valence-corrected chi connectivity index (χ2v) is 7.35. The third kappa shape index (κ3) is 2.72. The summed E-state index contributed by atoms with van der Waals surface area (Å²) in [6, 6.07) is 18.2. The number of anilines is 2. The molecule has 1 heterocycles. The van der Waals surface area contributed by atoms with Gasteiger partial charge in [0.1, 0.15) is 0 Å². The van der Waals surface area contributed by atoms with Crippen molar-refractivity contribution in [3.05, 3.63) is 71.8 Å². The van der Waals surface area contributed by atoms with Crippen LogP contribution in [0.5, 0.6) is 0 Å². The number of alkyl halides is 3. The van der Waals surface area contributed by atoms with E-state index in [0.717, 1.165) is 33.1 Å². The van der Waals surface area contributed by atoms with Gasteiger partial charge in [-0.3, -0.25) is 0 Å². The SMILES string of the molecule is Cc1ccc(N(C)c2cccc3c2sc2c(C(F)(F)F)cccc23)cc1. The van der Waals surface area contributed by atoms with Crippen LogP contribution in [0, 0.1) is 6.92 Å². The van der Waals surface area contributed by atoms with Gasteiger partial charge >= 0.3 is 6.18 Å². The molecule has 0 saturated heterocycles. The molecule has 0 saturated carbocycles. The van der Waals surface area contributed by atoms with Gasteiger partial charge in [-0.05, 0) is 31.2 Å². The van der Waals surface area contributed by atoms with Gasteiger partial charge in [0.2, 0.25) is 0 Å². The normalized spacial score (nSPS) is 12.0. The molecule has 5 heteroatoms. The molecule has 0 atom stereocenters. The minimum absolute atomic E-state index is 0.291. The monoisotopic (exact) mass is 371 g/mol. The van der Waals surface area contributed by atoms with Crippen molar-refractivity contribution in [2.75, 3.05) is 11.9 Å². The third-order valence-corrected chi connectivity index (χ3v) is 5.87.